The van der Waals surface area contributed by atoms with Crippen LogP contribution in [0.2, 0.25) is 5.02 Å². The molecule has 0 atom stereocenters. The first kappa shape index (κ1) is 15.6. The smallest absolute Gasteiger partial charge is 0.248 e. The topological polar surface area (TPSA) is 78.3 Å². The van der Waals surface area contributed by atoms with Crippen molar-refractivity contribution in [1.29, 1.82) is 0 Å². The molecule has 0 saturated carbocycles. The summed E-state index contributed by atoms with van der Waals surface area (Å²) in [5.41, 5.74) is 12.1. The van der Waals surface area contributed by atoms with Crippen molar-refractivity contribution in [1.82, 2.24) is 0 Å². The largest absolute Gasteiger partial charge is 0.487 e. The summed E-state index contributed by atoms with van der Waals surface area (Å²) in [6.07, 6.45) is 0. The van der Waals surface area contributed by atoms with Gasteiger partial charge in [0.1, 0.15) is 18.2 Å². The summed E-state index contributed by atoms with van der Waals surface area (Å²) >= 11 is 9.07. The number of ether oxygens (including phenoxy) is 1. The normalized spacial score (nSPS) is 10.4. The summed E-state index contributed by atoms with van der Waals surface area (Å²) in [5, 5.41) is 0.336. The fourth-order valence-electron chi connectivity index (χ4n) is 1.64. The fraction of sp³-hybridized carbons (Fsp3) is 0.0714. The summed E-state index contributed by atoms with van der Waals surface area (Å²) in [5.74, 6) is -0.830. The maximum Gasteiger partial charge on any atom is 0.248 e. The molecule has 0 aliphatic rings. The molecule has 0 bridgehead atoms. The lowest BCUT2D eigenvalue weighted by atomic mass is 10.1. The minimum absolute atomic E-state index is 0.0865. The molecule has 0 radical (unpaired) electrons. The molecular formula is C14H11BrClFN2O2. The molecule has 2 aromatic rings. The Balaban J connectivity index is 2.17. The number of benzene rings is 2. The Morgan fingerprint density at radius 1 is 1.33 bits per heavy atom. The zero-order valence-corrected chi connectivity index (χ0v) is 13.0. The molecule has 1 amide bonds. The molecule has 7 heteroatoms. The lowest BCUT2D eigenvalue weighted by Crippen LogP contribution is -2.11. The summed E-state index contributed by atoms with van der Waals surface area (Å²) in [6, 6.07) is 7.22. The Bertz CT molecular complexity index is 710. The van der Waals surface area contributed by atoms with Gasteiger partial charge in [0.05, 0.1) is 10.2 Å². The van der Waals surface area contributed by atoms with Gasteiger partial charge in [-0.2, -0.15) is 0 Å². The Hall–Kier alpha value is -1.79. The third kappa shape index (κ3) is 3.65. The van der Waals surface area contributed by atoms with Gasteiger partial charge in [0, 0.05) is 22.2 Å². The molecule has 0 aliphatic heterocycles. The molecule has 4 nitrogen and oxygen atoms in total. The predicted octanol–water partition coefficient (Wildman–Crippen LogP) is 3.50. The molecule has 4 N–H and O–H groups in total. The van der Waals surface area contributed by atoms with E-state index >= 15 is 0 Å². The van der Waals surface area contributed by atoms with Crippen molar-refractivity contribution in [2.45, 2.75) is 6.61 Å². The number of carbonyl (C=O) groups excluding carboxylic acids is 1. The summed E-state index contributed by atoms with van der Waals surface area (Å²) in [6.45, 7) is 0.0865. The predicted molar refractivity (Wildman–Crippen MR) is 82.8 cm³/mol. The summed E-state index contributed by atoms with van der Waals surface area (Å²) in [7, 11) is 0. The highest BCUT2D eigenvalue weighted by molar-refractivity contribution is 9.10. The van der Waals surface area contributed by atoms with Gasteiger partial charge in [-0.05, 0) is 34.1 Å². The van der Waals surface area contributed by atoms with E-state index in [0.29, 0.717) is 21.8 Å². The van der Waals surface area contributed by atoms with Crippen molar-refractivity contribution < 1.29 is 13.9 Å². The number of carbonyl (C=O) groups is 1. The van der Waals surface area contributed by atoms with Gasteiger partial charge in [0.25, 0.3) is 0 Å². The van der Waals surface area contributed by atoms with E-state index < -0.39 is 11.7 Å². The first-order valence-electron chi connectivity index (χ1n) is 5.84. The fourth-order valence-corrected chi connectivity index (χ4v) is 2.24. The zero-order chi connectivity index (χ0) is 15.6. The number of amides is 1. The van der Waals surface area contributed by atoms with Crippen LogP contribution in [0.1, 0.15) is 15.9 Å². The van der Waals surface area contributed by atoms with Gasteiger partial charge >= 0.3 is 0 Å². The van der Waals surface area contributed by atoms with Crippen molar-refractivity contribution in [2.24, 2.45) is 5.73 Å². The number of primary amides is 1. The summed E-state index contributed by atoms with van der Waals surface area (Å²) in [4.78, 5) is 11.0. The van der Waals surface area contributed by atoms with Crippen LogP contribution in [0.5, 0.6) is 5.75 Å². The van der Waals surface area contributed by atoms with Crippen LogP contribution >= 0.6 is 27.5 Å². The van der Waals surface area contributed by atoms with Gasteiger partial charge in [0.2, 0.25) is 5.91 Å². The van der Waals surface area contributed by atoms with E-state index in [0.717, 1.165) is 0 Å². The molecule has 21 heavy (non-hydrogen) atoms. The highest BCUT2D eigenvalue weighted by Gasteiger charge is 2.10. The third-order valence-electron chi connectivity index (χ3n) is 2.77. The second kappa shape index (κ2) is 6.32. The van der Waals surface area contributed by atoms with Crippen LogP contribution < -0.4 is 16.2 Å². The van der Waals surface area contributed by atoms with E-state index in [1.165, 1.54) is 18.2 Å². The van der Waals surface area contributed by atoms with Crippen molar-refractivity contribution in [3.05, 3.63) is 56.8 Å². The Kier molecular flexibility index (Phi) is 4.69. The number of halogens is 3. The van der Waals surface area contributed by atoms with E-state index in [1.807, 2.05) is 0 Å². The molecule has 0 unspecified atom stereocenters. The second-order valence-corrected chi connectivity index (χ2v) is 5.52. The highest BCUT2D eigenvalue weighted by atomic mass is 79.9. The van der Waals surface area contributed by atoms with Crippen LogP contribution in [0.25, 0.3) is 0 Å². The number of hydrogen-bond donors (Lipinski definition) is 2. The van der Waals surface area contributed by atoms with E-state index in [4.69, 9.17) is 27.8 Å². The molecule has 2 rings (SSSR count). The lowest BCUT2D eigenvalue weighted by Gasteiger charge is -2.11. The van der Waals surface area contributed by atoms with Crippen LogP contribution in [0.15, 0.2) is 34.8 Å². The quantitative estimate of drug-likeness (QED) is 0.805. The van der Waals surface area contributed by atoms with Crippen LogP contribution in [-0.4, -0.2) is 5.91 Å². The molecular weight excluding hydrogens is 363 g/mol. The Labute approximate surface area is 134 Å². The minimum Gasteiger partial charge on any atom is -0.487 e. The average molecular weight is 374 g/mol. The lowest BCUT2D eigenvalue weighted by molar-refractivity contribution is 0.1000. The van der Waals surface area contributed by atoms with Crippen molar-refractivity contribution >= 4 is 39.1 Å². The van der Waals surface area contributed by atoms with Crippen LogP contribution in [0.3, 0.4) is 0 Å². The molecule has 0 aromatic heterocycles. The van der Waals surface area contributed by atoms with E-state index in [1.54, 1.807) is 12.1 Å². The van der Waals surface area contributed by atoms with Crippen LogP contribution in [0.4, 0.5) is 10.1 Å². The maximum absolute atomic E-state index is 13.4. The Morgan fingerprint density at radius 2 is 2.05 bits per heavy atom. The first-order chi connectivity index (χ1) is 9.88. The molecule has 110 valence electrons. The van der Waals surface area contributed by atoms with Gasteiger partial charge in [-0.15, -0.1) is 0 Å². The van der Waals surface area contributed by atoms with Crippen molar-refractivity contribution in [2.75, 3.05) is 5.73 Å². The monoisotopic (exact) mass is 372 g/mol. The highest BCUT2D eigenvalue weighted by Crippen LogP contribution is 2.29. The van der Waals surface area contributed by atoms with Gasteiger partial charge in [-0.25, -0.2) is 4.39 Å². The Morgan fingerprint density at radius 3 is 2.67 bits per heavy atom. The second-order valence-electron chi connectivity index (χ2n) is 4.26. The molecule has 0 spiro atoms. The number of rotatable bonds is 4. The van der Waals surface area contributed by atoms with E-state index in [9.17, 15) is 9.18 Å². The van der Waals surface area contributed by atoms with Gasteiger partial charge in [-0.1, -0.05) is 17.7 Å². The van der Waals surface area contributed by atoms with E-state index in [-0.39, 0.29) is 16.8 Å². The number of nitrogens with two attached hydrogens (primary N) is 2. The standard InChI is InChI=1S/C14H11BrClFN2O2/c15-9-4-12(18)13(5-11(9)17)21-6-8-2-1-7(14(19)20)3-10(8)16/h1-5H,6,18H2,(H2,19,20). The van der Waals surface area contributed by atoms with E-state index in [2.05, 4.69) is 15.9 Å². The van der Waals surface area contributed by atoms with Gasteiger partial charge in [-0.3, -0.25) is 4.79 Å². The third-order valence-corrected chi connectivity index (χ3v) is 3.73. The average Bonchev–Trinajstić information content (AvgIpc) is 2.42. The minimum atomic E-state index is -0.566. The molecule has 2 aromatic carbocycles. The number of nitrogen functional groups attached to an aromatic ring is 1. The number of hydrogen-bond acceptors (Lipinski definition) is 3. The van der Waals surface area contributed by atoms with Crippen LogP contribution in [0, 0.1) is 5.82 Å². The van der Waals surface area contributed by atoms with Crippen molar-refractivity contribution in [3.8, 4) is 5.75 Å². The molecule has 0 heterocycles. The van der Waals surface area contributed by atoms with Crippen LogP contribution in [-0.2, 0) is 6.61 Å². The maximum atomic E-state index is 13.4. The number of anilines is 1. The van der Waals surface area contributed by atoms with Crippen molar-refractivity contribution in [3.63, 3.8) is 0 Å². The molecule has 0 aliphatic carbocycles. The molecule has 0 saturated heterocycles. The summed E-state index contributed by atoms with van der Waals surface area (Å²) < 4.78 is 19.2. The molecule has 0 fully saturated rings. The SMILES string of the molecule is NC(=O)c1ccc(COc2cc(F)c(Br)cc2N)c(Cl)c1. The first-order valence-corrected chi connectivity index (χ1v) is 7.01. The van der Waals surface area contributed by atoms with Gasteiger partial charge < -0.3 is 16.2 Å². The zero-order valence-electron chi connectivity index (χ0n) is 10.7. The van der Waals surface area contributed by atoms with Gasteiger partial charge in [0.15, 0.2) is 0 Å².